The van der Waals surface area contributed by atoms with Crippen LogP contribution in [0, 0.1) is 5.82 Å². The van der Waals surface area contributed by atoms with Crippen LogP contribution in [0.2, 0.25) is 0 Å². The summed E-state index contributed by atoms with van der Waals surface area (Å²) in [5.41, 5.74) is 1.47. The molecule has 0 amide bonds. The highest BCUT2D eigenvalue weighted by atomic mass is 19.1. The summed E-state index contributed by atoms with van der Waals surface area (Å²) in [5, 5.41) is 9.00. The Bertz CT molecular complexity index is 670. The number of aliphatic hydroxyl groups excluding tert-OH is 1. The van der Waals surface area contributed by atoms with Crippen LogP contribution in [-0.4, -0.2) is 16.7 Å². The maximum atomic E-state index is 14.0. The van der Waals surface area contributed by atoms with Crippen molar-refractivity contribution < 1.29 is 19.0 Å². The van der Waals surface area contributed by atoms with Gasteiger partial charge >= 0.3 is 5.97 Å². The predicted molar refractivity (Wildman–Crippen MR) is 82.9 cm³/mol. The lowest BCUT2D eigenvalue weighted by atomic mass is 10.0. The van der Waals surface area contributed by atoms with Crippen molar-refractivity contribution in [1.29, 1.82) is 0 Å². The van der Waals surface area contributed by atoms with Gasteiger partial charge in [0, 0.05) is 5.56 Å². The largest absolute Gasteiger partial charge is 0.456 e. The van der Waals surface area contributed by atoms with E-state index in [1.54, 1.807) is 57.2 Å². The van der Waals surface area contributed by atoms with Crippen molar-refractivity contribution in [3.63, 3.8) is 0 Å². The second-order valence-electron chi connectivity index (χ2n) is 6.05. The van der Waals surface area contributed by atoms with Gasteiger partial charge in [-0.3, -0.25) is 0 Å². The summed E-state index contributed by atoms with van der Waals surface area (Å²) >= 11 is 0. The number of aliphatic hydroxyl groups is 1. The van der Waals surface area contributed by atoms with Gasteiger partial charge in [0.2, 0.25) is 0 Å². The first kappa shape index (κ1) is 16.2. The highest BCUT2D eigenvalue weighted by Gasteiger charge is 2.17. The number of carbonyl (C=O) groups is 1. The SMILES string of the molecule is CC(C)(C)OC(=O)c1ccc(-c2ccc(CO)cc2F)cc1. The van der Waals surface area contributed by atoms with Gasteiger partial charge in [0.05, 0.1) is 12.2 Å². The van der Waals surface area contributed by atoms with Gasteiger partial charge in [0.1, 0.15) is 11.4 Å². The average Bonchev–Trinajstić information content (AvgIpc) is 2.45. The molecule has 0 radical (unpaired) electrons. The van der Waals surface area contributed by atoms with Crippen LogP contribution in [0.1, 0.15) is 36.7 Å². The minimum atomic E-state index is -0.554. The molecule has 0 saturated heterocycles. The summed E-state index contributed by atoms with van der Waals surface area (Å²) in [6, 6.07) is 11.2. The van der Waals surface area contributed by atoms with E-state index in [9.17, 15) is 9.18 Å². The molecule has 0 aliphatic heterocycles. The van der Waals surface area contributed by atoms with Crippen LogP contribution in [0.15, 0.2) is 42.5 Å². The molecular formula is C18H19FO3. The molecule has 22 heavy (non-hydrogen) atoms. The van der Waals surface area contributed by atoms with Gasteiger partial charge in [0.15, 0.2) is 0 Å². The number of hydrogen-bond acceptors (Lipinski definition) is 3. The molecule has 0 spiro atoms. The number of benzene rings is 2. The summed E-state index contributed by atoms with van der Waals surface area (Å²) in [7, 11) is 0. The van der Waals surface area contributed by atoms with E-state index in [-0.39, 0.29) is 6.61 Å². The van der Waals surface area contributed by atoms with Gasteiger partial charge in [-0.1, -0.05) is 24.3 Å². The zero-order valence-electron chi connectivity index (χ0n) is 12.9. The molecule has 4 heteroatoms. The van der Waals surface area contributed by atoms with Crippen LogP contribution in [-0.2, 0) is 11.3 Å². The first-order valence-corrected chi connectivity index (χ1v) is 7.03. The van der Waals surface area contributed by atoms with E-state index >= 15 is 0 Å². The van der Waals surface area contributed by atoms with Gasteiger partial charge in [-0.2, -0.15) is 0 Å². The van der Waals surface area contributed by atoms with Gasteiger partial charge in [-0.05, 0) is 50.1 Å². The van der Waals surface area contributed by atoms with Crippen LogP contribution in [0.4, 0.5) is 4.39 Å². The lowest BCUT2D eigenvalue weighted by molar-refractivity contribution is 0.00695. The maximum absolute atomic E-state index is 14.0. The smallest absolute Gasteiger partial charge is 0.338 e. The van der Waals surface area contributed by atoms with E-state index in [0.717, 1.165) is 0 Å². The Morgan fingerprint density at radius 3 is 2.27 bits per heavy atom. The molecule has 0 aromatic heterocycles. The van der Waals surface area contributed by atoms with Crippen molar-refractivity contribution in [2.45, 2.75) is 33.0 Å². The molecule has 2 rings (SSSR count). The fraction of sp³-hybridized carbons (Fsp3) is 0.278. The van der Waals surface area contributed by atoms with Crippen molar-refractivity contribution in [3.8, 4) is 11.1 Å². The van der Waals surface area contributed by atoms with E-state index in [1.165, 1.54) is 6.07 Å². The van der Waals surface area contributed by atoms with Crippen LogP contribution >= 0.6 is 0 Å². The molecule has 0 bridgehead atoms. The third kappa shape index (κ3) is 3.92. The average molecular weight is 302 g/mol. The normalized spacial score (nSPS) is 11.3. The van der Waals surface area contributed by atoms with Crippen molar-refractivity contribution in [1.82, 2.24) is 0 Å². The molecule has 0 unspecified atom stereocenters. The molecule has 2 aromatic carbocycles. The topological polar surface area (TPSA) is 46.5 Å². The molecule has 0 heterocycles. The summed E-state index contributed by atoms with van der Waals surface area (Å²) in [4.78, 5) is 11.9. The van der Waals surface area contributed by atoms with Crippen molar-refractivity contribution in [3.05, 3.63) is 59.4 Å². The highest BCUT2D eigenvalue weighted by molar-refractivity contribution is 5.90. The number of rotatable bonds is 3. The Hall–Kier alpha value is -2.20. The molecule has 1 N–H and O–H groups in total. The summed E-state index contributed by atoms with van der Waals surface area (Å²) in [6.07, 6.45) is 0. The van der Waals surface area contributed by atoms with E-state index in [2.05, 4.69) is 0 Å². The number of carbonyl (C=O) groups excluding carboxylic acids is 1. The molecule has 3 nitrogen and oxygen atoms in total. The Morgan fingerprint density at radius 2 is 1.77 bits per heavy atom. The second kappa shape index (κ2) is 6.28. The number of esters is 1. The number of hydrogen-bond donors (Lipinski definition) is 1. The monoisotopic (exact) mass is 302 g/mol. The first-order valence-electron chi connectivity index (χ1n) is 7.03. The van der Waals surface area contributed by atoms with Crippen molar-refractivity contribution in [2.75, 3.05) is 0 Å². The molecule has 0 atom stereocenters. The van der Waals surface area contributed by atoms with Crippen molar-refractivity contribution in [2.24, 2.45) is 0 Å². The third-order valence-corrected chi connectivity index (χ3v) is 3.05. The van der Waals surface area contributed by atoms with E-state index in [1.807, 2.05) is 0 Å². The molecule has 2 aromatic rings. The van der Waals surface area contributed by atoms with Crippen LogP contribution < -0.4 is 0 Å². The van der Waals surface area contributed by atoms with Crippen LogP contribution in [0.25, 0.3) is 11.1 Å². The lowest BCUT2D eigenvalue weighted by Gasteiger charge is -2.19. The van der Waals surface area contributed by atoms with Crippen LogP contribution in [0.5, 0.6) is 0 Å². The van der Waals surface area contributed by atoms with Crippen LogP contribution in [0.3, 0.4) is 0 Å². The molecule has 116 valence electrons. The quantitative estimate of drug-likeness (QED) is 0.874. The Morgan fingerprint density at radius 1 is 1.14 bits per heavy atom. The maximum Gasteiger partial charge on any atom is 0.338 e. The van der Waals surface area contributed by atoms with Gasteiger partial charge in [-0.25, -0.2) is 9.18 Å². The minimum Gasteiger partial charge on any atom is -0.456 e. The summed E-state index contributed by atoms with van der Waals surface area (Å²) < 4.78 is 19.3. The minimum absolute atomic E-state index is 0.200. The second-order valence-corrected chi connectivity index (χ2v) is 6.05. The Kier molecular flexibility index (Phi) is 4.62. The fourth-order valence-corrected chi connectivity index (χ4v) is 2.01. The van der Waals surface area contributed by atoms with Gasteiger partial charge in [-0.15, -0.1) is 0 Å². The zero-order valence-corrected chi connectivity index (χ0v) is 12.9. The molecule has 0 fully saturated rings. The fourth-order valence-electron chi connectivity index (χ4n) is 2.01. The summed E-state index contributed by atoms with van der Waals surface area (Å²) in [6.45, 7) is 5.21. The molecule has 0 saturated carbocycles. The van der Waals surface area contributed by atoms with Gasteiger partial charge < -0.3 is 9.84 Å². The van der Waals surface area contributed by atoms with E-state index in [4.69, 9.17) is 9.84 Å². The number of ether oxygens (including phenoxy) is 1. The Balaban J connectivity index is 2.24. The molecule has 0 aliphatic rings. The Labute approximate surface area is 129 Å². The van der Waals surface area contributed by atoms with Gasteiger partial charge in [0.25, 0.3) is 0 Å². The third-order valence-electron chi connectivity index (χ3n) is 3.05. The van der Waals surface area contributed by atoms with Crippen molar-refractivity contribution >= 4 is 5.97 Å². The number of halogens is 1. The van der Waals surface area contributed by atoms with E-state index in [0.29, 0.717) is 22.3 Å². The molecule has 0 aliphatic carbocycles. The predicted octanol–water partition coefficient (Wildman–Crippen LogP) is 3.94. The highest BCUT2D eigenvalue weighted by Crippen LogP contribution is 2.24. The molecular weight excluding hydrogens is 283 g/mol. The summed E-state index contributed by atoms with van der Waals surface area (Å²) in [5.74, 6) is -0.813. The standard InChI is InChI=1S/C18H19FO3/c1-18(2,3)22-17(21)14-7-5-13(6-8-14)15-9-4-12(11-20)10-16(15)19/h4-10,20H,11H2,1-3H3. The zero-order chi connectivity index (χ0) is 16.3. The first-order chi connectivity index (χ1) is 10.3. The van der Waals surface area contributed by atoms with E-state index < -0.39 is 17.4 Å². The lowest BCUT2D eigenvalue weighted by Crippen LogP contribution is -2.23.